The first kappa shape index (κ1) is 13.4. The zero-order valence-electron chi connectivity index (χ0n) is 10.6. The molecule has 2 atom stereocenters. The Kier molecular flexibility index (Phi) is 4.03. The smallest absolute Gasteiger partial charge is 0.306 e. The number of nitrogens with one attached hydrogen (secondary N) is 2. The molecule has 0 bridgehead atoms. The monoisotopic (exact) mass is 266 g/mol. The number of aromatic amines is 1. The number of rotatable bonds is 4. The summed E-state index contributed by atoms with van der Waals surface area (Å²) in [5, 5.41) is 12.2. The first-order chi connectivity index (χ1) is 9.09. The minimum absolute atomic E-state index is 0.0326. The van der Waals surface area contributed by atoms with E-state index in [-0.39, 0.29) is 17.5 Å². The number of aliphatic carboxylic acids is 1. The molecule has 1 heterocycles. The molecule has 5 N–H and O–H groups in total. The van der Waals surface area contributed by atoms with Gasteiger partial charge in [-0.2, -0.15) is 0 Å². The number of hydrogen-bond acceptors (Lipinski definition) is 5. The van der Waals surface area contributed by atoms with E-state index in [1.165, 1.54) is 6.33 Å². The summed E-state index contributed by atoms with van der Waals surface area (Å²) in [5.74, 6) is -0.715. The van der Waals surface area contributed by atoms with Gasteiger partial charge in [-0.25, -0.2) is 4.98 Å². The maximum atomic E-state index is 11.3. The fourth-order valence-electron chi connectivity index (χ4n) is 2.56. The third kappa shape index (κ3) is 3.04. The largest absolute Gasteiger partial charge is 0.481 e. The maximum Gasteiger partial charge on any atom is 0.306 e. The number of carbonyl (C=O) groups is 1. The van der Waals surface area contributed by atoms with Crippen LogP contribution in [-0.2, 0) is 4.79 Å². The zero-order valence-corrected chi connectivity index (χ0v) is 10.6. The van der Waals surface area contributed by atoms with Gasteiger partial charge >= 0.3 is 5.97 Å². The lowest BCUT2D eigenvalue weighted by Gasteiger charge is -2.28. The van der Waals surface area contributed by atoms with Crippen molar-refractivity contribution >= 4 is 17.5 Å². The molecule has 2 unspecified atom stereocenters. The second-order valence-electron chi connectivity index (χ2n) is 4.86. The Morgan fingerprint density at radius 3 is 3.00 bits per heavy atom. The molecule has 104 valence electrons. The summed E-state index contributed by atoms with van der Waals surface area (Å²) in [4.78, 5) is 28.8. The topological polar surface area (TPSA) is 121 Å². The summed E-state index contributed by atoms with van der Waals surface area (Å²) in [6.45, 7) is 0.470. The van der Waals surface area contributed by atoms with Crippen LogP contribution >= 0.6 is 0 Å². The van der Waals surface area contributed by atoms with Gasteiger partial charge in [0.2, 0.25) is 0 Å². The fourth-order valence-corrected chi connectivity index (χ4v) is 2.56. The zero-order chi connectivity index (χ0) is 13.8. The molecule has 1 saturated carbocycles. The van der Waals surface area contributed by atoms with E-state index in [9.17, 15) is 14.7 Å². The SMILES string of the molecule is Nc1c(NCC2CCCCC2C(=O)O)nc[nH]c1=O. The van der Waals surface area contributed by atoms with Gasteiger partial charge in [0.15, 0.2) is 5.82 Å². The molecule has 0 saturated heterocycles. The van der Waals surface area contributed by atoms with Crippen LogP contribution in [0.3, 0.4) is 0 Å². The molecule has 1 aromatic heterocycles. The summed E-state index contributed by atoms with van der Waals surface area (Å²) in [7, 11) is 0. The van der Waals surface area contributed by atoms with Crippen LogP contribution in [-0.4, -0.2) is 27.6 Å². The van der Waals surface area contributed by atoms with E-state index in [2.05, 4.69) is 15.3 Å². The van der Waals surface area contributed by atoms with Crippen LogP contribution in [0.2, 0.25) is 0 Å². The van der Waals surface area contributed by atoms with E-state index >= 15 is 0 Å². The molecule has 7 heteroatoms. The summed E-state index contributed by atoms with van der Waals surface area (Å²) in [5.41, 5.74) is 5.25. The van der Waals surface area contributed by atoms with Crippen molar-refractivity contribution in [2.24, 2.45) is 11.8 Å². The number of nitrogens with two attached hydrogens (primary N) is 1. The molecular formula is C12H18N4O3. The predicted molar refractivity (Wildman–Crippen MR) is 70.8 cm³/mol. The van der Waals surface area contributed by atoms with Gasteiger partial charge in [-0.3, -0.25) is 9.59 Å². The van der Waals surface area contributed by atoms with Crippen LogP contribution in [0.5, 0.6) is 0 Å². The molecule has 1 fully saturated rings. The number of H-pyrrole nitrogens is 1. The Balaban J connectivity index is 2.02. The van der Waals surface area contributed by atoms with Crippen LogP contribution in [0.4, 0.5) is 11.5 Å². The van der Waals surface area contributed by atoms with Gasteiger partial charge in [0, 0.05) is 6.54 Å². The summed E-state index contributed by atoms with van der Waals surface area (Å²) in [6, 6.07) is 0. The van der Waals surface area contributed by atoms with Gasteiger partial charge in [0.1, 0.15) is 5.69 Å². The van der Waals surface area contributed by atoms with E-state index in [0.29, 0.717) is 18.8 Å². The Bertz CT molecular complexity index is 514. The van der Waals surface area contributed by atoms with Crippen molar-refractivity contribution in [2.75, 3.05) is 17.6 Å². The average molecular weight is 266 g/mol. The summed E-state index contributed by atoms with van der Waals surface area (Å²) < 4.78 is 0. The Morgan fingerprint density at radius 1 is 1.53 bits per heavy atom. The lowest BCUT2D eigenvalue weighted by molar-refractivity contribution is -0.144. The molecule has 1 aliphatic rings. The number of nitrogen functional groups attached to an aromatic ring is 1. The highest BCUT2D eigenvalue weighted by Crippen LogP contribution is 2.30. The van der Waals surface area contributed by atoms with Crippen LogP contribution in [0.15, 0.2) is 11.1 Å². The number of anilines is 2. The van der Waals surface area contributed by atoms with Crippen molar-refractivity contribution in [1.82, 2.24) is 9.97 Å². The first-order valence-electron chi connectivity index (χ1n) is 6.39. The van der Waals surface area contributed by atoms with Crippen molar-refractivity contribution in [3.8, 4) is 0 Å². The lowest BCUT2D eigenvalue weighted by atomic mass is 9.79. The predicted octanol–water partition coefficient (Wildman–Crippen LogP) is 0.655. The third-order valence-electron chi connectivity index (χ3n) is 3.65. The summed E-state index contributed by atoms with van der Waals surface area (Å²) >= 11 is 0. The molecule has 0 amide bonds. The Labute approximate surface area is 110 Å². The van der Waals surface area contributed by atoms with Gasteiger partial charge in [0.05, 0.1) is 12.2 Å². The Morgan fingerprint density at radius 2 is 2.26 bits per heavy atom. The molecule has 0 aromatic carbocycles. The minimum Gasteiger partial charge on any atom is -0.481 e. The maximum absolute atomic E-state index is 11.3. The highest BCUT2D eigenvalue weighted by atomic mass is 16.4. The number of carboxylic acid groups (broad SMARTS) is 1. The van der Waals surface area contributed by atoms with Gasteiger partial charge in [-0.1, -0.05) is 12.8 Å². The second-order valence-corrected chi connectivity index (χ2v) is 4.86. The van der Waals surface area contributed by atoms with Crippen LogP contribution in [0.25, 0.3) is 0 Å². The number of hydrogen-bond donors (Lipinski definition) is 4. The average Bonchev–Trinajstić information content (AvgIpc) is 2.40. The van der Waals surface area contributed by atoms with Crippen molar-refractivity contribution in [3.63, 3.8) is 0 Å². The van der Waals surface area contributed by atoms with Crippen molar-refractivity contribution in [2.45, 2.75) is 25.7 Å². The van der Waals surface area contributed by atoms with E-state index in [0.717, 1.165) is 19.3 Å². The highest BCUT2D eigenvalue weighted by molar-refractivity contribution is 5.70. The molecule has 1 aromatic rings. The molecular weight excluding hydrogens is 248 g/mol. The van der Waals surface area contributed by atoms with Crippen molar-refractivity contribution in [3.05, 3.63) is 16.7 Å². The molecule has 2 rings (SSSR count). The van der Waals surface area contributed by atoms with Crippen LogP contribution in [0.1, 0.15) is 25.7 Å². The second kappa shape index (κ2) is 5.73. The van der Waals surface area contributed by atoms with E-state index in [1.54, 1.807) is 0 Å². The quantitative estimate of drug-likeness (QED) is 0.635. The first-order valence-corrected chi connectivity index (χ1v) is 6.39. The van der Waals surface area contributed by atoms with Gasteiger partial charge in [-0.05, 0) is 18.8 Å². The molecule has 1 aliphatic carbocycles. The van der Waals surface area contributed by atoms with Crippen molar-refractivity contribution < 1.29 is 9.90 Å². The summed E-state index contributed by atoms with van der Waals surface area (Å²) in [6.07, 6.45) is 4.84. The molecule has 0 spiro atoms. The van der Waals surface area contributed by atoms with Gasteiger partial charge in [-0.15, -0.1) is 0 Å². The molecule has 19 heavy (non-hydrogen) atoms. The van der Waals surface area contributed by atoms with Gasteiger partial charge < -0.3 is 21.1 Å². The van der Waals surface area contributed by atoms with Gasteiger partial charge in [0.25, 0.3) is 5.56 Å². The number of nitrogens with zero attached hydrogens (tertiary/aromatic N) is 1. The minimum atomic E-state index is -0.752. The van der Waals surface area contributed by atoms with E-state index < -0.39 is 11.5 Å². The fraction of sp³-hybridized carbons (Fsp3) is 0.583. The highest BCUT2D eigenvalue weighted by Gasteiger charge is 2.30. The van der Waals surface area contributed by atoms with E-state index in [4.69, 9.17) is 5.73 Å². The standard InChI is InChI=1S/C12H18N4O3/c13-9-10(15-6-16-11(9)17)14-5-7-3-1-2-4-8(7)12(18)19/h6-8H,1-5,13H2,(H,18,19)(H2,14,15,16,17). The number of carboxylic acids is 1. The number of aromatic nitrogens is 2. The lowest BCUT2D eigenvalue weighted by Crippen LogP contribution is -2.32. The normalized spacial score (nSPS) is 22.9. The third-order valence-corrected chi connectivity index (χ3v) is 3.65. The van der Waals surface area contributed by atoms with Crippen molar-refractivity contribution in [1.29, 1.82) is 0 Å². The van der Waals surface area contributed by atoms with Crippen LogP contribution < -0.4 is 16.6 Å². The van der Waals surface area contributed by atoms with Crippen LogP contribution in [0, 0.1) is 11.8 Å². The van der Waals surface area contributed by atoms with E-state index in [1.807, 2.05) is 0 Å². The molecule has 7 nitrogen and oxygen atoms in total. The Hall–Kier alpha value is -2.05. The molecule has 0 radical (unpaired) electrons. The molecule has 0 aliphatic heterocycles.